The molecule has 0 aromatic heterocycles. The molecule has 0 radical (unpaired) electrons. The second-order valence-corrected chi connectivity index (χ2v) is 9.47. The van der Waals surface area contributed by atoms with Crippen molar-refractivity contribution in [1.29, 1.82) is 0 Å². The molecule has 1 saturated carbocycles. The molecule has 1 unspecified atom stereocenters. The molecule has 1 amide bonds. The van der Waals surface area contributed by atoms with Gasteiger partial charge in [-0.05, 0) is 74.8 Å². The van der Waals surface area contributed by atoms with E-state index in [-0.39, 0.29) is 24.4 Å². The van der Waals surface area contributed by atoms with Crippen LogP contribution in [0.25, 0.3) is 0 Å². The van der Waals surface area contributed by atoms with Crippen molar-refractivity contribution in [3.8, 4) is 5.75 Å². The first-order valence-electron chi connectivity index (χ1n) is 12.6. The number of carbonyl (C=O) groups is 2. The van der Waals surface area contributed by atoms with Gasteiger partial charge in [-0.15, -0.1) is 0 Å². The van der Waals surface area contributed by atoms with E-state index in [4.69, 9.17) is 21.3 Å². The molecule has 0 bridgehead atoms. The van der Waals surface area contributed by atoms with E-state index in [1.54, 1.807) is 24.3 Å². The number of ether oxygens (including phenoxy) is 1. The zero-order chi connectivity index (χ0) is 25.5. The smallest absolute Gasteiger partial charge is 0.320 e. The molecule has 1 aliphatic carbocycles. The maximum absolute atomic E-state index is 12.7. The lowest BCUT2D eigenvalue weighted by atomic mass is 9.96. The highest BCUT2D eigenvalue weighted by molar-refractivity contribution is 6.05. The summed E-state index contributed by atoms with van der Waals surface area (Å²) in [6.07, 6.45) is 7.32. The number of anilines is 1. The average molecular weight is 494 g/mol. The zero-order valence-electron chi connectivity index (χ0n) is 20.5. The minimum absolute atomic E-state index is 0.0278. The number of carboxylic acid groups (broad SMARTS) is 1. The number of guanidine groups is 1. The van der Waals surface area contributed by atoms with E-state index in [0.717, 1.165) is 61.3 Å². The Hall–Kier alpha value is -3.59. The SMILES string of the molecule is NC(=NCc1c(OC2CCC2)cccc1N1CCCCC1)NC(=O)c1ccc(CC(N)C(=O)O)cc1. The number of carbonyl (C=O) groups excluding carboxylic acids is 1. The van der Waals surface area contributed by atoms with Gasteiger partial charge in [0.25, 0.3) is 5.91 Å². The monoisotopic (exact) mass is 493 g/mol. The number of rotatable bonds is 9. The molecule has 2 aromatic carbocycles. The molecule has 1 saturated heterocycles. The first-order valence-corrected chi connectivity index (χ1v) is 12.6. The Labute approximate surface area is 211 Å². The van der Waals surface area contributed by atoms with Gasteiger partial charge in [0.15, 0.2) is 5.96 Å². The molecule has 2 fully saturated rings. The number of aliphatic imine (C=N–C) groups is 1. The fourth-order valence-electron chi connectivity index (χ4n) is 4.45. The van der Waals surface area contributed by atoms with Gasteiger partial charge in [-0.3, -0.25) is 14.9 Å². The largest absolute Gasteiger partial charge is 0.490 e. The van der Waals surface area contributed by atoms with E-state index < -0.39 is 12.0 Å². The van der Waals surface area contributed by atoms with Crippen LogP contribution in [0.1, 0.15) is 60.0 Å². The fraction of sp³-hybridized carbons (Fsp3) is 0.444. The topological polar surface area (TPSA) is 143 Å². The highest BCUT2D eigenvalue weighted by atomic mass is 16.5. The molecule has 192 valence electrons. The molecule has 9 nitrogen and oxygen atoms in total. The molecule has 1 heterocycles. The van der Waals surface area contributed by atoms with Crippen LogP contribution in [0.4, 0.5) is 5.69 Å². The fourth-order valence-corrected chi connectivity index (χ4v) is 4.45. The van der Waals surface area contributed by atoms with Crippen molar-refractivity contribution in [3.05, 3.63) is 59.2 Å². The summed E-state index contributed by atoms with van der Waals surface area (Å²) in [6, 6.07) is 11.7. The van der Waals surface area contributed by atoms with Crippen LogP contribution in [0.5, 0.6) is 5.75 Å². The number of piperidine rings is 1. The Balaban J connectivity index is 1.44. The van der Waals surface area contributed by atoms with Gasteiger partial charge in [0.1, 0.15) is 11.8 Å². The van der Waals surface area contributed by atoms with Crippen molar-refractivity contribution in [2.24, 2.45) is 16.5 Å². The van der Waals surface area contributed by atoms with Gasteiger partial charge >= 0.3 is 5.97 Å². The van der Waals surface area contributed by atoms with Crippen molar-refractivity contribution >= 4 is 23.5 Å². The Morgan fingerprint density at radius 3 is 2.44 bits per heavy atom. The average Bonchev–Trinajstić information content (AvgIpc) is 2.86. The predicted molar refractivity (Wildman–Crippen MR) is 139 cm³/mol. The molecular formula is C27H35N5O4. The Morgan fingerprint density at radius 1 is 1.08 bits per heavy atom. The van der Waals surface area contributed by atoms with Crippen LogP contribution in [0, 0.1) is 0 Å². The molecule has 1 atom stereocenters. The summed E-state index contributed by atoms with van der Waals surface area (Å²) in [5.74, 6) is -0.592. The second kappa shape index (κ2) is 11.9. The third-order valence-corrected chi connectivity index (χ3v) is 6.79. The number of carboxylic acids is 1. The summed E-state index contributed by atoms with van der Waals surface area (Å²) in [4.78, 5) is 30.5. The van der Waals surface area contributed by atoms with Crippen LogP contribution in [-0.4, -0.2) is 48.2 Å². The first-order chi connectivity index (χ1) is 17.4. The number of nitrogens with one attached hydrogen (secondary N) is 1. The minimum Gasteiger partial charge on any atom is -0.490 e. The first kappa shape index (κ1) is 25.5. The number of aliphatic carboxylic acids is 1. The van der Waals surface area contributed by atoms with Gasteiger partial charge in [-0.2, -0.15) is 0 Å². The van der Waals surface area contributed by atoms with Crippen LogP contribution in [0.15, 0.2) is 47.5 Å². The van der Waals surface area contributed by atoms with Gasteiger partial charge in [0.05, 0.1) is 12.6 Å². The predicted octanol–water partition coefficient (Wildman–Crippen LogP) is 2.81. The van der Waals surface area contributed by atoms with Crippen molar-refractivity contribution in [1.82, 2.24) is 5.32 Å². The van der Waals surface area contributed by atoms with Crippen molar-refractivity contribution in [3.63, 3.8) is 0 Å². The highest BCUT2D eigenvalue weighted by Crippen LogP contribution is 2.35. The van der Waals surface area contributed by atoms with E-state index in [1.165, 1.54) is 12.8 Å². The summed E-state index contributed by atoms with van der Waals surface area (Å²) >= 11 is 0. The molecule has 0 spiro atoms. The Kier molecular flexibility index (Phi) is 8.43. The quantitative estimate of drug-likeness (QED) is 0.311. The number of amides is 1. The lowest BCUT2D eigenvalue weighted by Crippen LogP contribution is -2.37. The molecule has 2 aromatic rings. The summed E-state index contributed by atoms with van der Waals surface area (Å²) in [6.45, 7) is 2.30. The van der Waals surface area contributed by atoms with Crippen LogP contribution in [0.2, 0.25) is 0 Å². The Bertz CT molecular complexity index is 1090. The lowest BCUT2D eigenvalue weighted by Gasteiger charge is -2.32. The standard InChI is InChI=1S/C27H35N5O4/c28-22(26(34)35)16-18-10-12-19(13-11-18)25(33)31-27(29)30-17-21-23(32-14-2-1-3-15-32)8-5-9-24(21)36-20-6-4-7-20/h5,8-13,20,22H,1-4,6-7,14-17,28H2,(H,34,35)(H3,29,30,31,33). The molecule has 4 rings (SSSR count). The van der Waals surface area contributed by atoms with Gasteiger partial charge in [0.2, 0.25) is 0 Å². The number of hydrogen-bond acceptors (Lipinski definition) is 6. The van der Waals surface area contributed by atoms with Crippen molar-refractivity contribution in [2.45, 2.75) is 63.6 Å². The molecule has 36 heavy (non-hydrogen) atoms. The van der Waals surface area contributed by atoms with Gasteiger partial charge < -0.3 is 26.2 Å². The lowest BCUT2D eigenvalue weighted by molar-refractivity contribution is -0.138. The van der Waals surface area contributed by atoms with Crippen LogP contribution >= 0.6 is 0 Å². The Morgan fingerprint density at radius 2 is 1.81 bits per heavy atom. The van der Waals surface area contributed by atoms with Gasteiger partial charge in [-0.1, -0.05) is 18.2 Å². The number of hydrogen-bond donors (Lipinski definition) is 4. The van der Waals surface area contributed by atoms with Crippen LogP contribution in [-0.2, 0) is 17.8 Å². The maximum Gasteiger partial charge on any atom is 0.320 e. The van der Waals surface area contributed by atoms with E-state index >= 15 is 0 Å². The summed E-state index contributed by atoms with van der Waals surface area (Å²) in [5.41, 5.74) is 14.9. The summed E-state index contributed by atoms with van der Waals surface area (Å²) in [5, 5.41) is 11.6. The van der Waals surface area contributed by atoms with Gasteiger partial charge in [-0.25, -0.2) is 4.99 Å². The minimum atomic E-state index is -1.07. The van der Waals surface area contributed by atoms with E-state index in [0.29, 0.717) is 12.1 Å². The molecule has 2 aliphatic rings. The normalized spacial score (nSPS) is 17.2. The van der Waals surface area contributed by atoms with E-state index in [1.807, 2.05) is 12.1 Å². The van der Waals surface area contributed by atoms with Crippen LogP contribution < -0.4 is 26.4 Å². The van der Waals surface area contributed by atoms with Crippen molar-refractivity contribution < 1.29 is 19.4 Å². The maximum atomic E-state index is 12.7. The number of nitrogens with zero attached hydrogens (tertiary/aromatic N) is 2. The summed E-state index contributed by atoms with van der Waals surface area (Å²) < 4.78 is 6.28. The zero-order valence-corrected chi connectivity index (χ0v) is 20.5. The van der Waals surface area contributed by atoms with E-state index in [9.17, 15) is 9.59 Å². The molecule has 6 N–H and O–H groups in total. The molecular weight excluding hydrogens is 458 g/mol. The number of benzene rings is 2. The molecule has 9 heteroatoms. The second-order valence-electron chi connectivity index (χ2n) is 9.47. The van der Waals surface area contributed by atoms with E-state index in [2.05, 4.69) is 21.3 Å². The molecule has 1 aliphatic heterocycles. The third-order valence-electron chi connectivity index (χ3n) is 6.79. The van der Waals surface area contributed by atoms with Crippen LogP contribution in [0.3, 0.4) is 0 Å². The van der Waals surface area contributed by atoms with Gasteiger partial charge in [0, 0.05) is 29.9 Å². The summed E-state index contributed by atoms with van der Waals surface area (Å²) in [7, 11) is 0. The highest BCUT2D eigenvalue weighted by Gasteiger charge is 2.23. The number of nitrogens with two attached hydrogens (primary N) is 2. The third kappa shape index (κ3) is 6.54. The van der Waals surface area contributed by atoms with Crippen molar-refractivity contribution in [2.75, 3.05) is 18.0 Å².